The van der Waals surface area contributed by atoms with Crippen LogP contribution in [0.25, 0.3) is 11.4 Å². The summed E-state index contributed by atoms with van der Waals surface area (Å²) in [7, 11) is 0. The molecule has 0 bridgehead atoms. The van der Waals surface area contributed by atoms with Gasteiger partial charge in [-0.25, -0.2) is 9.37 Å². The average Bonchev–Trinajstić information content (AvgIpc) is 2.27. The Morgan fingerprint density at radius 2 is 2.06 bits per heavy atom. The summed E-state index contributed by atoms with van der Waals surface area (Å²) in [5, 5.41) is 0. The van der Waals surface area contributed by atoms with Gasteiger partial charge in [0.05, 0.1) is 0 Å². The standard InChI is InChI=1S/C14H15FN2S/c1-8(2)12-9(3)16-13(17-14(12)18)10-5-4-6-11(15)7-10/h4-8H,1-3H3,(H,16,17,18). The van der Waals surface area contributed by atoms with Crippen LogP contribution in [-0.2, 0) is 0 Å². The number of H-pyrrole nitrogens is 1. The summed E-state index contributed by atoms with van der Waals surface area (Å²) in [6.07, 6.45) is 0. The van der Waals surface area contributed by atoms with Crippen LogP contribution in [0.3, 0.4) is 0 Å². The van der Waals surface area contributed by atoms with Gasteiger partial charge < -0.3 is 4.98 Å². The molecule has 1 heterocycles. The highest BCUT2D eigenvalue weighted by Crippen LogP contribution is 2.22. The summed E-state index contributed by atoms with van der Waals surface area (Å²) < 4.78 is 13.8. The lowest BCUT2D eigenvalue weighted by Crippen LogP contribution is -2.01. The molecule has 0 amide bonds. The van der Waals surface area contributed by atoms with Gasteiger partial charge in [-0.3, -0.25) is 0 Å². The van der Waals surface area contributed by atoms with Gasteiger partial charge in [-0.2, -0.15) is 0 Å². The smallest absolute Gasteiger partial charge is 0.139 e. The quantitative estimate of drug-likeness (QED) is 0.814. The van der Waals surface area contributed by atoms with Gasteiger partial charge in [0.2, 0.25) is 0 Å². The number of nitrogens with zero attached hydrogens (tertiary/aromatic N) is 1. The molecule has 0 aliphatic heterocycles. The van der Waals surface area contributed by atoms with Gasteiger partial charge in [0.25, 0.3) is 0 Å². The van der Waals surface area contributed by atoms with Crippen LogP contribution < -0.4 is 0 Å². The molecule has 94 valence electrons. The summed E-state index contributed by atoms with van der Waals surface area (Å²) in [6.45, 7) is 6.13. The van der Waals surface area contributed by atoms with E-state index >= 15 is 0 Å². The van der Waals surface area contributed by atoms with Crippen LogP contribution in [0.5, 0.6) is 0 Å². The van der Waals surface area contributed by atoms with Gasteiger partial charge in [-0.1, -0.05) is 38.2 Å². The topological polar surface area (TPSA) is 28.7 Å². The third-order valence-electron chi connectivity index (χ3n) is 2.83. The molecule has 2 rings (SSSR count). The SMILES string of the molecule is Cc1[nH]c(-c2cccc(F)c2)nc(=S)c1C(C)C. The van der Waals surface area contributed by atoms with Crippen molar-refractivity contribution in [1.29, 1.82) is 0 Å². The van der Waals surface area contributed by atoms with Crippen LogP contribution in [-0.4, -0.2) is 9.97 Å². The second kappa shape index (κ2) is 4.98. The Kier molecular flexibility index (Phi) is 3.57. The van der Waals surface area contributed by atoms with Gasteiger partial charge >= 0.3 is 0 Å². The number of aromatic nitrogens is 2. The lowest BCUT2D eigenvalue weighted by molar-refractivity contribution is 0.628. The number of hydrogen-bond acceptors (Lipinski definition) is 2. The molecule has 2 nitrogen and oxygen atoms in total. The number of aromatic amines is 1. The van der Waals surface area contributed by atoms with Gasteiger partial charge in [0.15, 0.2) is 0 Å². The van der Waals surface area contributed by atoms with Crippen molar-refractivity contribution in [3.05, 3.63) is 46.0 Å². The first-order chi connectivity index (χ1) is 8.49. The van der Waals surface area contributed by atoms with E-state index in [9.17, 15) is 4.39 Å². The zero-order valence-corrected chi connectivity index (χ0v) is 11.4. The molecule has 0 fully saturated rings. The van der Waals surface area contributed by atoms with Crippen LogP contribution in [0.4, 0.5) is 4.39 Å². The largest absolute Gasteiger partial charge is 0.343 e. The monoisotopic (exact) mass is 262 g/mol. The second-order valence-electron chi connectivity index (χ2n) is 4.59. The van der Waals surface area contributed by atoms with E-state index in [0.29, 0.717) is 21.9 Å². The molecule has 0 aliphatic carbocycles. The average molecular weight is 262 g/mol. The van der Waals surface area contributed by atoms with Crippen molar-refractivity contribution >= 4 is 12.2 Å². The molecule has 4 heteroatoms. The zero-order valence-electron chi connectivity index (χ0n) is 10.6. The minimum atomic E-state index is -0.279. The van der Waals surface area contributed by atoms with Crippen molar-refractivity contribution < 1.29 is 4.39 Å². The van der Waals surface area contributed by atoms with Crippen molar-refractivity contribution in [3.63, 3.8) is 0 Å². The van der Waals surface area contributed by atoms with Crippen molar-refractivity contribution in [3.8, 4) is 11.4 Å². The van der Waals surface area contributed by atoms with Gasteiger partial charge in [0, 0.05) is 16.8 Å². The summed E-state index contributed by atoms with van der Waals surface area (Å²) in [6, 6.07) is 6.33. The Bertz CT molecular complexity index is 632. The Morgan fingerprint density at radius 3 is 2.61 bits per heavy atom. The summed E-state index contributed by atoms with van der Waals surface area (Å²) in [5.41, 5.74) is 2.74. The summed E-state index contributed by atoms with van der Waals surface area (Å²) in [4.78, 5) is 7.56. The highest BCUT2D eigenvalue weighted by molar-refractivity contribution is 7.71. The first-order valence-electron chi connectivity index (χ1n) is 5.86. The fourth-order valence-electron chi connectivity index (χ4n) is 2.05. The number of aryl methyl sites for hydroxylation is 1. The van der Waals surface area contributed by atoms with E-state index in [1.165, 1.54) is 12.1 Å². The molecular weight excluding hydrogens is 247 g/mol. The van der Waals surface area contributed by atoms with E-state index in [2.05, 4.69) is 23.8 Å². The van der Waals surface area contributed by atoms with Crippen molar-refractivity contribution in [1.82, 2.24) is 9.97 Å². The van der Waals surface area contributed by atoms with Crippen LogP contribution in [0.1, 0.15) is 31.0 Å². The fourth-order valence-corrected chi connectivity index (χ4v) is 2.53. The van der Waals surface area contributed by atoms with Gasteiger partial charge in [-0.15, -0.1) is 0 Å². The number of rotatable bonds is 2. The predicted octanol–water partition coefficient (Wildman–Crippen LogP) is 4.38. The van der Waals surface area contributed by atoms with E-state index in [1.54, 1.807) is 6.07 Å². The van der Waals surface area contributed by atoms with E-state index in [1.807, 2.05) is 13.0 Å². The zero-order chi connectivity index (χ0) is 13.3. The maximum atomic E-state index is 13.2. The number of benzene rings is 1. The second-order valence-corrected chi connectivity index (χ2v) is 4.98. The summed E-state index contributed by atoms with van der Waals surface area (Å²) >= 11 is 5.31. The third kappa shape index (κ3) is 2.48. The van der Waals surface area contributed by atoms with Crippen LogP contribution in [0.2, 0.25) is 0 Å². The molecule has 0 spiro atoms. The molecule has 0 saturated carbocycles. The molecule has 1 aromatic heterocycles. The lowest BCUT2D eigenvalue weighted by Gasteiger charge is -2.11. The maximum absolute atomic E-state index is 13.2. The van der Waals surface area contributed by atoms with Crippen LogP contribution >= 0.6 is 12.2 Å². The Balaban J connectivity index is 2.59. The third-order valence-corrected chi connectivity index (χ3v) is 3.14. The molecule has 0 saturated heterocycles. The van der Waals surface area contributed by atoms with E-state index in [4.69, 9.17) is 12.2 Å². The Morgan fingerprint density at radius 1 is 1.33 bits per heavy atom. The Hall–Kier alpha value is -1.55. The van der Waals surface area contributed by atoms with Gasteiger partial charge in [0.1, 0.15) is 16.3 Å². The number of nitrogens with one attached hydrogen (secondary N) is 1. The minimum Gasteiger partial charge on any atom is -0.343 e. The predicted molar refractivity (Wildman–Crippen MR) is 73.6 cm³/mol. The van der Waals surface area contributed by atoms with Gasteiger partial charge in [-0.05, 0) is 25.0 Å². The molecule has 18 heavy (non-hydrogen) atoms. The fraction of sp³-hybridized carbons (Fsp3) is 0.286. The highest BCUT2D eigenvalue weighted by atomic mass is 32.1. The lowest BCUT2D eigenvalue weighted by atomic mass is 10.0. The molecule has 0 unspecified atom stereocenters. The molecule has 1 aromatic carbocycles. The number of hydrogen-bond donors (Lipinski definition) is 1. The maximum Gasteiger partial charge on any atom is 0.139 e. The molecule has 0 radical (unpaired) electrons. The van der Waals surface area contributed by atoms with Crippen molar-refractivity contribution in [2.24, 2.45) is 0 Å². The molecule has 0 aliphatic rings. The molecular formula is C14H15FN2S. The molecule has 2 aromatic rings. The van der Waals surface area contributed by atoms with Crippen molar-refractivity contribution in [2.75, 3.05) is 0 Å². The van der Waals surface area contributed by atoms with E-state index in [-0.39, 0.29) is 5.82 Å². The minimum absolute atomic E-state index is 0.279. The van der Waals surface area contributed by atoms with Crippen LogP contribution in [0, 0.1) is 17.4 Å². The first-order valence-corrected chi connectivity index (χ1v) is 6.26. The Labute approximate surface area is 111 Å². The van der Waals surface area contributed by atoms with E-state index in [0.717, 1.165) is 11.3 Å². The molecule has 1 N–H and O–H groups in total. The first kappa shape index (κ1) is 12.9. The van der Waals surface area contributed by atoms with E-state index < -0.39 is 0 Å². The highest BCUT2D eigenvalue weighted by Gasteiger charge is 2.10. The normalized spacial score (nSPS) is 10.9. The number of halogens is 1. The van der Waals surface area contributed by atoms with Crippen molar-refractivity contribution in [2.45, 2.75) is 26.7 Å². The van der Waals surface area contributed by atoms with Crippen LogP contribution in [0.15, 0.2) is 24.3 Å². The summed E-state index contributed by atoms with van der Waals surface area (Å²) in [5.74, 6) is 0.656. The molecule has 0 atom stereocenters.